The van der Waals surface area contributed by atoms with Crippen molar-refractivity contribution < 1.29 is 23.1 Å². The molecule has 0 spiro atoms. The first-order chi connectivity index (χ1) is 10.3. The van der Waals surface area contributed by atoms with Gasteiger partial charge in [0.25, 0.3) is 5.91 Å². The first-order valence-electron chi connectivity index (χ1n) is 7.35. The number of amides is 1. The summed E-state index contributed by atoms with van der Waals surface area (Å²) >= 11 is 0. The largest absolute Gasteiger partial charge is 0.434 e. The molecular weight excluding hydrogens is 297 g/mol. The fourth-order valence-corrected chi connectivity index (χ4v) is 2.72. The van der Waals surface area contributed by atoms with Gasteiger partial charge in [0.05, 0.1) is 11.2 Å². The Morgan fingerprint density at radius 2 is 1.91 bits per heavy atom. The van der Waals surface area contributed by atoms with E-state index >= 15 is 0 Å². The molecule has 1 aliphatic carbocycles. The quantitative estimate of drug-likeness (QED) is 0.843. The molecule has 1 fully saturated rings. The fourth-order valence-electron chi connectivity index (χ4n) is 2.72. The van der Waals surface area contributed by atoms with E-state index in [1.807, 2.05) is 0 Å². The monoisotopic (exact) mass is 316 g/mol. The summed E-state index contributed by atoms with van der Waals surface area (Å²) < 4.78 is 38.5. The molecule has 1 saturated carbocycles. The molecule has 22 heavy (non-hydrogen) atoms. The van der Waals surface area contributed by atoms with Crippen LogP contribution in [0.5, 0.6) is 0 Å². The van der Waals surface area contributed by atoms with E-state index in [0.29, 0.717) is 12.8 Å². The summed E-state index contributed by atoms with van der Waals surface area (Å²) in [5.74, 6) is -0.863. The molecule has 1 amide bonds. The van der Waals surface area contributed by atoms with Crippen LogP contribution in [0, 0.1) is 0 Å². The average molecular weight is 316 g/mol. The number of aliphatic hydroxyl groups is 1. The minimum Gasteiger partial charge on any atom is -0.388 e. The Balaban J connectivity index is 2.07. The van der Waals surface area contributed by atoms with E-state index in [-0.39, 0.29) is 6.54 Å². The maximum atomic E-state index is 12.8. The van der Waals surface area contributed by atoms with Crippen LogP contribution in [-0.2, 0) is 6.18 Å². The van der Waals surface area contributed by atoms with E-state index in [4.69, 9.17) is 0 Å². The van der Waals surface area contributed by atoms with Crippen LogP contribution in [0.4, 0.5) is 13.2 Å². The highest BCUT2D eigenvalue weighted by atomic mass is 19.4. The van der Waals surface area contributed by atoms with Gasteiger partial charge in [0.15, 0.2) is 5.69 Å². The van der Waals surface area contributed by atoms with Gasteiger partial charge in [-0.25, -0.2) is 0 Å². The third kappa shape index (κ3) is 4.19. The lowest BCUT2D eigenvalue weighted by Crippen LogP contribution is -2.43. The lowest BCUT2D eigenvalue weighted by Gasteiger charge is -2.27. The van der Waals surface area contributed by atoms with E-state index in [2.05, 4.69) is 10.3 Å². The zero-order valence-electron chi connectivity index (χ0n) is 12.1. The Hall–Kier alpha value is -1.63. The second-order valence-electron chi connectivity index (χ2n) is 5.72. The van der Waals surface area contributed by atoms with Crippen molar-refractivity contribution in [3.63, 3.8) is 0 Å². The van der Waals surface area contributed by atoms with E-state index in [0.717, 1.165) is 37.9 Å². The van der Waals surface area contributed by atoms with Crippen LogP contribution >= 0.6 is 0 Å². The maximum Gasteiger partial charge on any atom is 0.434 e. The summed E-state index contributed by atoms with van der Waals surface area (Å²) in [6.45, 7) is -0.0436. The van der Waals surface area contributed by atoms with E-state index < -0.39 is 28.9 Å². The summed E-state index contributed by atoms with van der Waals surface area (Å²) in [6.07, 6.45) is 1.17. The molecule has 0 atom stereocenters. The van der Waals surface area contributed by atoms with Crippen LogP contribution in [0.1, 0.15) is 54.6 Å². The minimum absolute atomic E-state index is 0.0436. The van der Waals surface area contributed by atoms with Gasteiger partial charge >= 0.3 is 6.18 Å². The number of nitrogens with one attached hydrogen (secondary N) is 1. The second kappa shape index (κ2) is 6.64. The van der Waals surface area contributed by atoms with Crippen molar-refractivity contribution in [3.05, 3.63) is 29.6 Å². The Morgan fingerprint density at radius 1 is 1.27 bits per heavy atom. The van der Waals surface area contributed by atoms with E-state index in [9.17, 15) is 23.1 Å². The zero-order valence-corrected chi connectivity index (χ0v) is 12.1. The van der Waals surface area contributed by atoms with Gasteiger partial charge in [0.1, 0.15) is 0 Å². The molecule has 1 heterocycles. The molecule has 4 nitrogen and oxygen atoms in total. The van der Waals surface area contributed by atoms with Crippen LogP contribution in [0.25, 0.3) is 0 Å². The molecule has 2 N–H and O–H groups in total. The molecule has 1 aliphatic rings. The Kier molecular flexibility index (Phi) is 5.05. The summed E-state index contributed by atoms with van der Waals surface area (Å²) in [4.78, 5) is 15.3. The normalized spacial score (nSPS) is 18.5. The summed E-state index contributed by atoms with van der Waals surface area (Å²) in [5.41, 5.74) is -2.76. The number of rotatable bonds is 3. The summed E-state index contributed by atoms with van der Waals surface area (Å²) in [7, 11) is 0. The third-order valence-electron chi connectivity index (χ3n) is 3.93. The van der Waals surface area contributed by atoms with Gasteiger partial charge in [0.2, 0.25) is 0 Å². The molecule has 0 bridgehead atoms. The number of carbonyl (C=O) groups excluding carboxylic acids is 1. The van der Waals surface area contributed by atoms with Gasteiger partial charge in [-0.05, 0) is 25.0 Å². The van der Waals surface area contributed by atoms with Crippen molar-refractivity contribution in [2.75, 3.05) is 6.54 Å². The van der Waals surface area contributed by atoms with E-state index in [1.54, 1.807) is 0 Å². The lowest BCUT2D eigenvalue weighted by atomic mass is 9.94. The van der Waals surface area contributed by atoms with Crippen LogP contribution in [0.3, 0.4) is 0 Å². The van der Waals surface area contributed by atoms with E-state index in [1.165, 1.54) is 6.07 Å². The van der Waals surface area contributed by atoms with Crippen molar-refractivity contribution >= 4 is 5.91 Å². The number of alkyl halides is 3. The first kappa shape index (κ1) is 16.7. The highest BCUT2D eigenvalue weighted by molar-refractivity contribution is 5.95. The molecule has 0 saturated heterocycles. The topological polar surface area (TPSA) is 62.2 Å². The molecule has 1 aromatic rings. The van der Waals surface area contributed by atoms with Gasteiger partial charge in [-0.2, -0.15) is 13.2 Å². The number of pyridine rings is 1. The number of carbonyl (C=O) groups is 1. The van der Waals surface area contributed by atoms with Crippen molar-refractivity contribution in [2.24, 2.45) is 0 Å². The molecular formula is C15H19F3N2O2. The molecule has 0 radical (unpaired) electrons. The first-order valence-corrected chi connectivity index (χ1v) is 7.35. The molecule has 2 rings (SSSR count). The van der Waals surface area contributed by atoms with Gasteiger partial charge in [0, 0.05) is 12.7 Å². The van der Waals surface area contributed by atoms with Crippen molar-refractivity contribution in [2.45, 2.75) is 50.3 Å². The minimum atomic E-state index is -4.69. The Morgan fingerprint density at radius 3 is 2.50 bits per heavy atom. The molecule has 1 aromatic heterocycles. The molecule has 0 aliphatic heterocycles. The number of aromatic nitrogens is 1. The van der Waals surface area contributed by atoms with Crippen LogP contribution < -0.4 is 5.32 Å². The van der Waals surface area contributed by atoms with Gasteiger partial charge in [-0.15, -0.1) is 0 Å². The molecule has 0 unspecified atom stereocenters. The second-order valence-corrected chi connectivity index (χ2v) is 5.72. The standard InChI is InChI=1S/C15H19F3N2O2/c16-15(17,18)12-11(6-5-9-19-12)13(21)20-10-14(22)7-3-1-2-4-8-14/h5-6,9,22H,1-4,7-8,10H2,(H,20,21). The van der Waals surface area contributed by atoms with Crippen LogP contribution in [-0.4, -0.2) is 28.1 Å². The maximum absolute atomic E-state index is 12.8. The smallest absolute Gasteiger partial charge is 0.388 e. The third-order valence-corrected chi connectivity index (χ3v) is 3.93. The molecule has 0 aromatic carbocycles. The van der Waals surface area contributed by atoms with Crippen LogP contribution in [0.15, 0.2) is 18.3 Å². The van der Waals surface area contributed by atoms with Crippen LogP contribution in [0.2, 0.25) is 0 Å². The van der Waals surface area contributed by atoms with Gasteiger partial charge in [-0.3, -0.25) is 9.78 Å². The lowest BCUT2D eigenvalue weighted by molar-refractivity contribution is -0.141. The number of hydrogen-bond donors (Lipinski definition) is 2. The van der Waals surface area contributed by atoms with Crippen molar-refractivity contribution in [1.29, 1.82) is 0 Å². The molecule has 122 valence electrons. The Bertz CT molecular complexity index is 524. The predicted octanol–water partition coefficient (Wildman–Crippen LogP) is 2.92. The molecule has 7 heteroatoms. The Labute approximate surface area is 126 Å². The highest BCUT2D eigenvalue weighted by Crippen LogP contribution is 2.30. The number of halogens is 3. The highest BCUT2D eigenvalue weighted by Gasteiger charge is 2.37. The number of nitrogens with zero attached hydrogens (tertiary/aromatic N) is 1. The van der Waals surface area contributed by atoms with Gasteiger partial charge in [-0.1, -0.05) is 25.7 Å². The summed E-state index contributed by atoms with van der Waals surface area (Å²) in [6, 6.07) is 2.37. The SMILES string of the molecule is O=C(NCC1(O)CCCCCC1)c1cccnc1C(F)(F)F. The summed E-state index contributed by atoms with van der Waals surface area (Å²) in [5, 5.41) is 12.8. The fraction of sp³-hybridized carbons (Fsp3) is 0.600. The number of hydrogen-bond acceptors (Lipinski definition) is 3. The zero-order chi connectivity index (χ0) is 16.2. The van der Waals surface area contributed by atoms with Crippen molar-refractivity contribution in [1.82, 2.24) is 10.3 Å². The predicted molar refractivity (Wildman–Crippen MR) is 74.2 cm³/mol. The van der Waals surface area contributed by atoms with Crippen molar-refractivity contribution in [3.8, 4) is 0 Å². The average Bonchev–Trinajstić information content (AvgIpc) is 2.69. The van der Waals surface area contributed by atoms with Gasteiger partial charge < -0.3 is 10.4 Å².